The molecule has 94 valence electrons. The molecular weight excluding hydrogens is 228 g/mol. The molecule has 4 nitrogen and oxygen atoms in total. The first-order chi connectivity index (χ1) is 8.58. The van der Waals surface area contributed by atoms with E-state index in [0.717, 1.165) is 11.3 Å². The molecular formula is C14H16N2O2. The molecule has 0 N–H and O–H groups in total. The van der Waals surface area contributed by atoms with Crippen molar-refractivity contribution < 1.29 is 9.53 Å². The van der Waals surface area contributed by atoms with Crippen molar-refractivity contribution in [1.29, 1.82) is 0 Å². The van der Waals surface area contributed by atoms with Crippen LogP contribution in [-0.2, 0) is 18.4 Å². The van der Waals surface area contributed by atoms with Crippen molar-refractivity contribution in [3.63, 3.8) is 0 Å². The summed E-state index contributed by atoms with van der Waals surface area (Å²) in [5, 5.41) is 4.02. The van der Waals surface area contributed by atoms with Gasteiger partial charge in [0.25, 0.3) is 0 Å². The summed E-state index contributed by atoms with van der Waals surface area (Å²) in [6.45, 7) is 4.15. The zero-order valence-corrected chi connectivity index (χ0v) is 10.8. The summed E-state index contributed by atoms with van der Waals surface area (Å²) in [5.41, 5.74) is 3.50. The minimum Gasteiger partial charge on any atom is -0.457 e. The van der Waals surface area contributed by atoms with Crippen LogP contribution in [0.4, 0.5) is 0 Å². The minimum absolute atomic E-state index is 0.285. The Morgan fingerprint density at radius 2 is 1.94 bits per heavy atom. The van der Waals surface area contributed by atoms with Crippen LogP contribution in [0.2, 0.25) is 0 Å². The quantitative estimate of drug-likeness (QED) is 0.779. The highest BCUT2D eigenvalue weighted by Crippen LogP contribution is 2.10. The van der Waals surface area contributed by atoms with Crippen molar-refractivity contribution in [2.75, 3.05) is 0 Å². The van der Waals surface area contributed by atoms with Crippen molar-refractivity contribution >= 4 is 5.97 Å². The van der Waals surface area contributed by atoms with E-state index in [2.05, 4.69) is 5.10 Å². The molecule has 1 aromatic heterocycles. The molecule has 0 radical (unpaired) electrons. The average molecular weight is 244 g/mol. The first-order valence-corrected chi connectivity index (χ1v) is 5.79. The van der Waals surface area contributed by atoms with Gasteiger partial charge in [-0.25, -0.2) is 4.79 Å². The third-order valence-electron chi connectivity index (χ3n) is 2.95. The number of carbonyl (C=O) groups excluding carboxylic acids is 1. The Bertz CT molecular complexity index is 556. The van der Waals surface area contributed by atoms with Gasteiger partial charge in [0.05, 0.1) is 6.20 Å². The molecule has 0 bridgehead atoms. The van der Waals surface area contributed by atoms with Crippen LogP contribution in [0, 0.1) is 13.8 Å². The lowest BCUT2D eigenvalue weighted by Gasteiger charge is -2.05. The van der Waals surface area contributed by atoms with E-state index in [0.29, 0.717) is 5.56 Å². The number of hydrogen-bond donors (Lipinski definition) is 0. The van der Waals surface area contributed by atoms with Gasteiger partial charge in [-0.05, 0) is 19.4 Å². The SMILES string of the molecule is Cc1ccc(COC(=O)c2cnn(C)c2C)cc1. The molecule has 2 aromatic rings. The van der Waals surface area contributed by atoms with E-state index in [1.165, 1.54) is 11.8 Å². The summed E-state index contributed by atoms with van der Waals surface area (Å²) in [4.78, 5) is 11.8. The van der Waals surface area contributed by atoms with Crippen molar-refractivity contribution in [3.05, 3.63) is 52.8 Å². The Labute approximate surface area is 106 Å². The Morgan fingerprint density at radius 1 is 1.28 bits per heavy atom. The van der Waals surface area contributed by atoms with Crippen molar-refractivity contribution in [3.8, 4) is 0 Å². The zero-order chi connectivity index (χ0) is 13.1. The third kappa shape index (κ3) is 2.59. The maximum Gasteiger partial charge on any atom is 0.341 e. The number of benzene rings is 1. The number of rotatable bonds is 3. The molecule has 0 aliphatic carbocycles. The van der Waals surface area contributed by atoms with Crippen LogP contribution >= 0.6 is 0 Å². The fourth-order valence-electron chi connectivity index (χ4n) is 1.61. The largest absolute Gasteiger partial charge is 0.457 e. The molecule has 2 rings (SSSR count). The van der Waals surface area contributed by atoms with E-state index in [1.807, 2.05) is 38.1 Å². The maximum atomic E-state index is 11.8. The van der Waals surface area contributed by atoms with Gasteiger partial charge in [0, 0.05) is 12.7 Å². The van der Waals surface area contributed by atoms with Crippen molar-refractivity contribution in [1.82, 2.24) is 9.78 Å². The summed E-state index contributed by atoms with van der Waals surface area (Å²) in [5.74, 6) is -0.332. The number of carbonyl (C=O) groups is 1. The van der Waals surface area contributed by atoms with E-state index >= 15 is 0 Å². The predicted octanol–water partition coefficient (Wildman–Crippen LogP) is 2.39. The summed E-state index contributed by atoms with van der Waals surface area (Å²) in [7, 11) is 1.80. The molecule has 1 heterocycles. The Hall–Kier alpha value is -2.10. The third-order valence-corrected chi connectivity index (χ3v) is 2.95. The molecule has 1 aromatic carbocycles. The number of ether oxygens (including phenoxy) is 1. The van der Waals surface area contributed by atoms with Gasteiger partial charge in [-0.2, -0.15) is 5.10 Å². The van der Waals surface area contributed by atoms with Crippen LogP contribution < -0.4 is 0 Å². The number of nitrogens with zero attached hydrogens (tertiary/aromatic N) is 2. The van der Waals surface area contributed by atoms with Crippen molar-refractivity contribution in [2.45, 2.75) is 20.5 Å². The van der Waals surface area contributed by atoms with Gasteiger partial charge in [0.2, 0.25) is 0 Å². The highest BCUT2D eigenvalue weighted by molar-refractivity contribution is 5.90. The molecule has 0 fully saturated rings. The average Bonchev–Trinajstić information content (AvgIpc) is 2.69. The Morgan fingerprint density at radius 3 is 2.50 bits per heavy atom. The molecule has 0 saturated carbocycles. The van der Waals surface area contributed by atoms with Gasteiger partial charge in [0.15, 0.2) is 0 Å². The van der Waals surface area contributed by atoms with Crippen LogP contribution in [0.3, 0.4) is 0 Å². The lowest BCUT2D eigenvalue weighted by molar-refractivity contribution is 0.0471. The fraction of sp³-hybridized carbons (Fsp3) is 0.286. The van der Waals surface area contributed by atoms with Crippen LogP contribution in [0.1, 0.15) is 27.2 Å². The molecule has 0 unspecified atom stereocenters. The van der Waals surface area contributed by atoms with Crippen LogP contribution in [-0.4, -0.2) is 15.7 Å². The highest BCUT2D eigenvalue weighted by Gasteiger charge is 2.14. The molecule has 18 heavy (non-hydrogen) atoms. The van der Waals surface area contributed by atoms with E-state index in [-0.39, 0.29) is 12.6 Å². The van der Waals surface area contributed by atoms with E-state index in [1.54, 1.807) is 11.7 Å². The predicted molar refractivity (Wildman–Crippen MR) is 68.2 cm³/mol. The van der Waals surface area contributed by atoms with Gasteiger partial charge in [-0.3, -0.25) is 4.68 Å². The molecule has 0 amide bonds. The lowest BCUT2D eigenvalue weighted by Crippen LogP contribution is -2.06. The number of aryl methyl sites for hydroxylation is 2. The second kappa shape index (κ2) is 5.04. The molecule has 0 spiro atoms. The first kappa shape index (κ1) is 12.4. The highest BCUT2D eigenvalue weighted by atomic mass is 16.5. The van der Waals surface area contributed by atoms with Crippen LogP contribution in [0.25, 0.3) is 0 Å². The maximum absolute atomic E-state index is 11.8. The summed E-state index contributed by atoms with van der Waals surface area (Å²) in [6, 6.07) is 7.91. The lowest BCUT2D eigenvalue weighted by atomic mass is 10.2. The van der Waals surface area contributed by atoms with Gasteiger partial charge < -0.3 is 4.74 Å². The van der Waals surface area contributed by atoms with Crippen LogP contribution in [0.15, 0.2) is 30.5 Å². The van der Waals surface area contributed by atoms with E-state index in [4.69, 9.17) is 4.74 Å². The van der Waals surface area contributed by atoms with E-state index < -0.39 is 0 Å². The normalized spacial score (nSPS) is 10.4. The second-order valence-electron chi connectivity index (χ2n) is 4.33. The Kier molecular flexibility index (Phi) is 3.46. The fourth-order valence-corrected chi connectivity index (χ4v) is 1.61. The van der Waals surface area contributed by atoms with Gasteiger partial charge in [-0.1, -0.05) is 29.8 Å². The second-order valence-corrected chi connectivity index (χ2v) is 4.33. The molecule has 0 aliphatic rings. The minimum atomic E-state index is -0.332. The molecule has 0 aliphatic heterocycles. The molecule has 0 saturated heterocycles. The summed E-state index contributed by atoms with van der Waals surface area (Å²) >= 11 is 0. The topological polar surface area (TPSA) is 44.1 Å². The molecule has 0 atom stereocenters. The number of hydrogen-bond acceptors (Lipinski definition) is 3. The monoisotopic (exact) mass is 244 g/mol. The molecule has 4 heteroatoms. The smallest absolute Gasteiger partial charge is 0.341 e. The summed E-state index contributed by atoms with van der Waals surface area (Å²) < 4.78 is 6.91. The number of aromatic nitrogens is 2. The Balaban J connectivity index is 2.00. The zero-order valence-electron chi connectivity index (χ0n) is 10.8. The van der Waals surface area contributed by atoms with Gasteiger partial charge >= 0.3 is 5.97 Å². The van der Waals surface area contributed by atoms with Crippen LogP contribution in [0.5, 0.6) is 0 Å². The summed E-state index contributed by atoms with van der Waals surface area (Å²) in [6.07, 6.45) is 1.53. The van der Waals surface area contributed by atoms with E-state index in [9.17, 15) is 4.79 Å². The van der Waals surface area contributed by atoms with Gasteiger partial charge in [0.1, 0.15) is 12.2 Å². The number of esters is 1. The van der Waals surface area contributed by atoms with Crippen molar-refractivity contribution in [2.24, 2.45) is 7.05 Å². The van der Waals surface area contributed by atoms with Gasteiger partial charge in [-0.15, -0.1) is 0 Å². The first-order valence-electron chi connectivity index (χ1n) is 5.79. The standard InChI is InChI=1S/C14H16N2O2/c1-10-4-6-12(7-5-10)9-18-14(17)13-8-15-16(3)11(13)2/h4-8H,9H2,1-3H3.